The maximum absolute atomic E-state index is 5.30. The highest BCUT2D eigenvalue weighted by Crippen LogP contribution is 2.26. The monoisotopic (exact) mass is 418 g/mol. The molecule has 1 N–H and O–H groups in total. The zero-order chi connectivity index (χ0) is 21.2. The van der Waals surface area contributed by atoms with Gasteiger partial charge in [0.2, 0.25) is 0 Å². The zero-order valence-electron chi connectivity index (χ0n) is 18.8. The van der Waals surface area contributed by atoms with Crippen molar-refractivity contribution < 1.29 is 4.74 Å². The van der Waals surface area contributed by atoms with Crippen molar-refractivity contribution in [3.63, 3.8) is 0 Å². The molecule has 0 amide bonds. The molecular weight excluding hydrogens is 384 g/mol. The van der Waals surface area contributed by atoms with Crippen molar-refractivity contribution in [1.29, 1.82) is 0 Å². The number of aromatic amines is 1. The van der Waals surface area contributed by atoms with Crippen LogP contribution in [0, 0.1) is 6.92 Å². The van der Waals surface area contributed by atoms with Crippen molar-refractivity contribution in [3.8, 4) is 5.75 Å². The molecule has 0 saturated carbocycles. The van der Waals surface area contributed by atoms with Gasteiger partial charge >= 0.3 is 0 Å². The van der Waals surface area contributed by atoms with Gasteiger partial charge in [-0.1, -0.05) is 18.2 Å². The van der Waals surface area contributed by atoms with Crippen molar-refractivity contribution in [2.75, 3.05) is 51.3 Å². The number of likely N-dealkylation sites (tertiary alicyclic amines) is 1. The second-order valence-electron chi connectivity index (χ2n) is 9.03. The van der Waals surface area contributed by atoms with Crippen LogP contribution >= 0.6 is 0 Å². The highest BCUT2D eigenvalue weighted by atomic mass is 16.5. The Labute approximate surface area is 185 Å². The summed E-state index contributed by atoms with van der Waals surface area (Å²) in [5.41, 5.74) is 5.36. The molecule has 5 rings (SSSR count). The molecule has 0 aliphatic carbocycles. The number of hydrogen-bond donors (Lipinski definition) is 1. The molecule has 0 bridgehead atoms. The smallest absolute Gasteiger partial charge is 0.119 e. The summed E-state index contributed by atoms with van der Waals surface area (Å²) in [5.74, 6) is 0.926. The molecule has 2 aromatic carbocycles. The SMILES string of the molecule is COc1ccc(N2CCN([C@H]3CCCN(Cc4[nH]c5ccccc5c4C)C3)CC2)cc1. The molecule has 164 valence electrons. The van der Waals surface area contributed by atoms with Crippen molar-refractivity contribution in [2.24, 2.45) is 0 Å². The van der Waals surface area contributed by atoms with E-state index in [2.05, 4.69) is 75.1 Å². The molecule has 1 aromatic heterocycles. The van der Waals surface area contributed by atoms with E-state index in [0.29, 0.717) is 6.04 Å². The number of aromatic nitrogens is 1. The van der Waals surface area contributed by atoms with Gasteiger partial charge in [-0.2, -0.15) is 0 Å². The van der Waals surface area contributed by atoms with E-state index < -0.39 is 0 Å². The minimum atomic E-state index is 0.677. The van der Waals surface area contributed by atoms with Crippen molar-refractivity contribution >= 4 is 16.6 Å². The molecule has 31 heavy (non-hydrogen) atoms. The number of nitrogens with zero attached hydrogens (tertiary/aromatic N) is 3. The Morgan fingerprint density at radius 3 is 2.48 bits per heavy atom. The third-order valence-electron chi connectivity index (χ3n) is 7.20. The number of methoxy groups -OCH3 is 1. The van der Waals surface area contributed by atoms with Gasteiger partial charge in [-0.15, -0.1) is 0 Å². The van der Waals surface area contributed by atoms with Crippen molar-refractivity contribution in [1.82, 2.24) is 14.8 Å². The number of para-hydroxylation sites is 1. The molecule has 5 nitrogen and oxygen atoms in total. The summed E-state index contributed by atoms with van der Waals surface area (Å²) in [7, 11) is 1.72. The standard InChI is InChI=1S/C26H34N4O/c1-20-24-7-3-4-8-25(24)27-26(20)19-28-13-5-6-22(18-28)30-16-14-29(15-17-30)21-9-11-23(31-2)12-10-21/h3-4,7-12,22,27H,5-6,13-19H2,1-2H3/t22-/m0/s1. The Balaban J connectivity index is 1.18. The fourth-order valence-electron chi connectivity index (χ4n) is 5.33. The first-order valence-electron chi connectivity index (χ1n) is 11.6. The number of hydrogen-bond acceptors (Lipinski definition) is 4. The largest absolute Gasteiger partial charge is 0.497 e. The second kappa shape index (κ2) is 8.93. The lowest BCUT2D eigenvalue weighted by molar-refractivity contribution is 0.0881. The predicted molar refractivity (Wildman–Crippen MR) is 128 cm³/mol. The number of anilines is 1. The van der Waals surface area contributed by atoms with Crippen LogP contribution in [0.3, 0.4) is 0 Å². The van der Waals surface area contributed by atoms with Gasteiger partial charge in [0.25, 0.3) is 0 Å². The molecule has 3 aromatic rings. The van der Waals surface area contributed by atoms with Crippen LogP contribution in [0.4, 0.5) is 5.69 Å². The molecule has 2 aliphatic heterocycles. The van der Waals surface area contributed by atoms with Gasteiger partial charge in [0.15, 0.2) is 0 Å². The van der Waals surface area contributed by atoms with Crippen molar-refractivity contribution in [2.45, 2.75) is 32.4 Å². The average Bonchev–Trinajstić information content (AvgIpc) is 3.15. The lowest BCUT2D eigenvalue weighted by Gasteiger charge is -2.44. The molecule has 0 radical (unpaired) electrons. The predicted octanol–water partition coefficient (Wildman–Crippen LogP) is 4.27. The maximum Gasteiger partial charge on any atom is 0.119 e. The van der Waals surface area contributed by atoms with E-state index in [-0.39, 0.29) is 0 Å². The third-order valence-corrected chi connectivity index (χ3v) is 7.20. The fraction of sp³-hybridized carbons (Fsp3) is 0.462. The number of fused-ring (bicyclic) bond motifs is 1. The summed E-state index contributed by atoms with van der Waals surface area (Å²) in [4.78, 5) is 11.6. The quantitative estimate of drug-likeness (QED) is 0.671. The highest BCUT2D eigenvalue weighted by Gasteiger charge is 2.28. The average molecular weight is 419 g/mol. The summed E-state index contributed by atoms with van der Waals surface area (Å²) in [6.07, 6.45) is 2.62. The normalized spacial score (nSPS) is 21.0. The number of benzene rings is 2. The van der Waals surface area contributed by atoms with Crippen LogP contribution in [0.2, 0.25) is 0 Å². The molecule has 0 spiro atoms. The van der Waals surface area contributed by atoms with Gasteiger partial charge in [-0.3, -0.25) is 9.80 Å². The Morgan fingerprint density at radius 1 is 0.968 bits per heavy atom. The molecule has 3 heterocycles. The van der Waals surface area contributed by atoms with Crippen LogP contribution in [-0.2, 0) is 6.54 Å². The molecular formula is C26H34N4O. The van der Waals surface area contributed by atoms with E-state index >= 15 is 0 Å². The number of ether oxygens (including phenoxy) is 1. The summed E-state index contributed by atoms with van der Waals surface area (Å²) in [6.45, 7) is 10.2. The number of rotatable bonds is 5. The first kappa shape index (κ1) is 20.4. The zero-order valence-corrected chi connectivity index (χ0v) is 18.8. The van der Waals surface area contributed by atoms with E-state index in [0.717, 1.165) is 38.5 Å². The van der Waals surface area contributed by atoms with Crippen LogP contribution in [0.5, 0.6) is 5.75 Å². The van der Waals surface area contributed by atoms with Crippen LogP contribution in [0.1, 0.15) is 24.1 Å². The number of H-pyrrole nitrogens is 1. The van der Waals surface area contributed by atoms with Gasteiger partial charge in [0.05, 0.1) is 7.11 Å². The highest BCUT2D eigenvalue weighted by molar-refractivity contribution is 5.84. The van der Waals surface area contributed by atoms with E-state index in [1.165, 1.54) is 53.8 Å². The van der Waals surface area contributed by atoms with Gasteiger partial charge in [-0.05, 0) is 62.2 Å². The summed E-state index contributed by atoms with van der Waals surface area (Å²) < 4.78 is 5.30. The Hall–Kier alpha value is -2.50. The summed E-state index contributed by atoms with van der Waals surface area (Å²) >= 11 is 0. The summed E-state index contributed by atoms with van der Waals surface area (Å²) in [5, 5.41) is 1.36. The van der Waals surface area contributed by atoms with Crippen LogP contribution in [0.15, 0.2) is 48.5 Å². The van der Waals surface area contributed by atoms with Crippen LogP contribution in [-0.4, -0.2) is 67.2 Å². The minimum absolute atomic E-state index is 0.677. The minimum Gasteiger partial charge on any atom is -0.497 e. The Kier molecular flexibility index (Phi) is 5.88. The first-order chi connectivity index (χ1) is 15.2. The maximum atomic E-state index is 5.30. The lowest BCUT2D eigenvalue weighted by Crippen LogP contribution is -2.55. The number of piperidine rings is 1. The molecule has 0 unspecified atom stereocenters. The first-order valence-corrected chi connectivity index (χ1v) is 11.6. The van der Waals surface area contributed by atoms with Gasteiger partial charge < -0.3 is 14.6 Å². The summed E-state index contributed by atoms with van der Waals surface area (Å²) in [6, 6.07) is 17.8. The van der Waals surface area contributed by atoms with E-state index in [4.69, 9.17) is 4.74 Å². The van der Waals surface area contributed by atoms with Crippen LogP contribution < -0.4 is 9.64 Å². The lowest BCUT2D eigenvalue weighted by atomic mass is 10.0. The molecule has 5 heteroatoms. The Morgan fingerprint density at radius 2 is 1.74 bits per heavy atom. The van der Waals surface area contributed by atoms with Gasteiger partial charge in [0.1, 0.15) is 5.75 Å². The van der Waals surface area contributed by atoms with Gasteiger partial charge in [-0.25, -0.2) is 0 Å². The van der Waals surface area contributed by atoms with E-state index in [1.54, 1.807) is 7.11 Å². The fourth-order valence-corrected chi connectivity index (χ4v) is 5.33. The second-order valence-corrected chi connectivity index (χ2v) is 9.03. The third kappa shape index (κ3) is 4.30. The van der Waals surface area contributed by atoms with Gasteiger partial charge in [0, 0.05) is 67.6 Å². The topological polar surface area (TPSA) is 34.7 Å². The molecule has 1 atom stereocenters. The van der Waals surface area contributed by atoms with Crippen LogP contribution in [0.25, 0.3) is 10.9 Å². The Bertz CT molecular complexity index is 1000. The molecule has 2 aliphatic rings. The molecule has 2 fully saturated rings. The number of nitrogens with one attached hydrogen (secondary N) is 1. The molecule has 2 saturated heterocycles. The van der Waals surface area contributed by atoms with Crippen molar-refractivity contribution in [3.05, 3.63) is 59.8 Å². The number of piperazine rings is 1. The van der Waals surface area contributed by atoms with E-state index in [9.17, 15) is 0 Å². The number of aryl methyl sites for hydroxylation is 1. The van der Waals surface area contributed by atoms with E-state index in [1.807, 2.05) is 0 Å².